The Morgan fingerprint density at radius 3 is 2.51 bits per heavy atom. The summed E-state index contributed by atoms with van der Waals surface area (Å²) in [7, 11) is 0. The zero-order chi connectivity index (χ0) is 25.0. The maximum Gasteiger partial charge on any atom is 0.274 e. The van der Waals surface area contributed by atoms with Crippen molar-refractivity contribution in [2.45, 2.75) is 59.0 Å². The molecule has 4 rings (SSSR count). The minimum Gasteiger partial charge on any atom is -0.340 e. The summed E-state index contributed by atoms with van der Waals surface area (Å²) in [5, 5.41) is 8.76. The van der Waals surface area contributed by atoms with Crippen LogP contribution in [0, 0.1) is 5.41 Å². The Balaban J connectivity index is 1.32. The van der Waals surface area contributed by atoms with Crippen LogP contribution in [0.2, 0.25) is 0 Å². The minimum atomic E-state index is -0.512. The molecule has 1 aliphatic carbocycles. The molecule has 0 unspecified atom stereocenters. The molecule has 186 valence electrons. The van der Waals surface area contributed by atoms with Crippen LogP contribution in [-0.4, -0.2) is 52.5 Å². The largest absolute Gasteiger partial charge is 0.340 e. The first-order valence-electron chi connectivity index (χ1n) is 12.6. The molecule has 0 aromatic heterocycles. The molecule has 0 spiro atoms. The van der Waals surface area contributed by atoms with Gasteiger partial charge in [0.1, 0.15) is 0 Å². The molecule has 1 fully saturated rings. The van der Waals surface area contributed by atoms with Crippen molar-refractivity contribution in [2.24, 2.45) is 5.41 Å². The first-order chi connectivity index (χ1) is 16.7. The quantitative estimate of drug-likeness (QED) is 0.470. The highest BCUT2D eigenvalue weighted by atomic mass is 16.5. The Labute approximate surface area is 208 Å². The number of hydrogen-bond donors (Lipinski definition) is 2. The fourth-order valence-electron chi connectivity index (χ4n) is 5.02. The molecule has 2 amide bonds. The highest BCUT2D eigenvalue weighted by Gasteiger charge is 2.27. The monoisotopic (exact) mass is 475 g/mol. The van der Waals surface area contributed by atoms with E-state index in [2.05, 4.69) is 56.0 Å². The average molecular weight is 476 g/mol. The number of allylic oxidation sites excluding steroid dienone is 2. The van der Waals surface area contributed by atoms with Crippen LogP contribution in [0.5, 0.6) is 0 Å². The van der Waals surface area contributed by atoms with E-state index < -0.39 is 5.91 Å². The van der Waals surface area contributed by atoms with Gasteiger partial charge in [0.15, 0.2) is 0 Å². The van der Waals surface area contributed by atoms with Gasteiger partial charge in [-0.15, -0.1) is 0 Å². The second kappa shape index (κ2) is 10.8. The number of carbonyl (C=O) groups excluding carboxylic acids is 2. The predicted octanol–water partition coefficient (Wildman–Crippen LogP) is 4.67. The summed E-state index contributed by atoms with van der Waals surface area (Å²) < 4.78 is 0. The van der Waals surface area contributed by atoms with Gasteiger partial charge >= 0.3 is 0 Å². The second-order valence-corrected chi connectivity index (χ2v) is 10.8. The molecule has 0 saturated carbocycles. The fourth-order valence-corrected chi connectivity index (χ4v) is 5.02. The Morgan fingerprint density at radius 1 is 1.09 bits per heavy atom. The molecule has 2 aliphatic rings. The van der Waals surface area contributed by atoms with Crippen LogP contribution in [0.1, 0.15) is 67.1 Å². The van der Waals surface area contributed by atoms with Crippen molar-refractivity contribution in [1.82, 2.24) is 15.3 Å². The molecule has 1 atom stereocenters. The summed E-state index contributed by atoms with van der Waals surface area (Å²) in [5.74, 6) is -0.325. The topological polar surface area (TPSA) is 72.9 Å². The molecule has 2 aromatic rings. The lowest BCUT2D eigenvalue weighted by atomic mass is 9.77. The number of rotatable bonds is 6. The number of piperazine rings is 1. The fraction of sp³-hybridized carbons (Fsp3) is 0.448. The molecular weight excluding hydrogens is 438 g/mol. The first kappa shape index (κ1) is 25.1. The van der Waals surface area contributed by atoms with E-state index in [1.807, 2.05) is 17.0 Å². The summed E-state index contributed by atoms with van der Waals surface area (Å²) in [4.78, 5) is 29.0. The van der Waals surface area contributed by atoms with E-state index in [1.54, 1.807) is 17.6 Å². The third-order valence-corrected chi connectivity index (χ3v) is 7.45. The Kier molecular flexibility index (Phi) is 7.72. The summed E-state index contributed by atoms with van der Waals surface area (Å²) >= 11 is 0. The maximum atomic E-state index is 13.1. The van der Waals surface area contributed by atoms with E-state index >= 15 is 0 Å². The third kappa shape index (κ3) is 6.38. The molecule has 6 heteroatoms. The van der Waals surface area contributed by atoms with Crippen molar-refractivity contribution in [2.75, 3.05) is 19.6 Å². The molecule has 0 bridgehead atoms. The van der Waals surface area contributed by atoms with Gasteiger partial charge < -0.3 is 4.90 Å². The van der Waals surface area contributed by atoms with Gasteiger partial charge in [-0.1, -0.05) is 56.3 Å². The van der Waals surface area contributed by atoms with Crippen molar-refractivity contribution in [1.29, 1.82) is 0 Å². The zero-order valence-corrected chi connectivity index (χ0v) is 21.1. The van der Waals surface area contributed by atoms with E-state index in [0.29, 0.717) is 30.5 Å². The first-order valence-corrected chi connectivity index (χ1v) is 12.6. The van der Waals surface area contributed by atoms with Gasteiger partial charge in [0.05, 0.1) is 6.42 Å². The van der Waals surface area contributed by atoms with Crippen molar-refractivity contribution in [3.8, 4) is 0 Å². The van der Waals surface area contributed by atoms with Gasteiger partial charge in [0.25, 0.3) is 5.91 Å². The van der Waals surface area contributed by atoms with E-state index in [4.69, 9.17) is 5.21 Å². The minimum absolute atomic E-state index is 0.187. The van der Waals surface area contributed by atoms with Crippen LogP contribution in [0.3, 0.4) is 0 Å². The Bertz CT molecular complexity index is 1090. The zero-order valence-electron chi connectivity index (χ0n) is 21.1. The molecule has 1 saturated heterocycles. The average Bonchev–Trinajstić information content (AvgIpc) is 2.85. The van der Waals surface area contributed by atoms with Crippen molar-refractivity contribution < 1.29 is 14.8 Å². The molecular formula is C29H37N3O3. The lowest BCUT2D eigenvalue weighted by Crippen LogP contribution is -2.53. The normalized spacial score (nSPS) is 20.3. The van der Waals surface area contributed by atoms with Gasteiger partial charge in [0.2, 0.25) is 5.91 Å². The van der Waals surface area contributed by atoms with Gasteiger partial charge in [-0.05, 0) is 66.0 Å². The third-order valence-electron chi connectivity index (χ3n) is 7.45. The van der Waals surface area contributed by atoms with Gasteiger partial charge in [0, 0.05) is 37.8 Å². The van der Waals surface area contributed by atoms with Gasteiger partial charge in [-0.3, -0.25) is 19.7 Å². The van der Waals surface area contributed by atoms with Crippen LogP contribution in [0.4, 0.5) is 0 Å². The highest BCUT2D eigenvalue weighted by molar-refractivity contribution is 5.93. The SMILES string of the molecule is C[C@H]1CN(C(=O)Cc2cccc(C3=CCC(C)(C)CC3)c2)CCN1Cc1ccc(C(=O)NO)cc1. The number of nitrogens with zero attached hydrogens (tertiary/aromatic N) is 2. The number of carbonyl (C=O) groups is 2. The van der Waals surface area contributed by atoms with Crippen LogP contribution in [0.15, 0.2) is 54.6 Å². The number of hydrogen-bond acceptors (Lipinski definition) is 4. The number of hydroxylamine groups is 1. The summed E-state index contributed by atoms with van der Waals surface area (Å²) in [6, 6.07) is 16.0. The van der Waals surface area contributed by atoms with Gasteiger partial charge in [-0.25, -0.2) is 5.48 Å². The van der Waals surface area contributed by atoms with E-state index in [1.165, 1.54) is 17.6 Å². The van der Waals surface area contributed by atoms with Gasteiger partial charge in [-0.2, -0.15) is 0 Å². The van der Waals surface area contributed by atoms with Crippen LogP contribution >= 0.6 is 0 Å². The molecule has 2 N–H and O–H groups in total. The predicted molar refractivity (Wildman–Crippen MR) is 138 cm³/mol. The van der Waals surface area contributed by atoms with Crippen LogP contribution < -0.4 is 5.48 Å². The van der Waals surface area contributed by atoms with E-state index in [-0.39, 0.29) is 11.9 Å². The molecule has 6 nitrogen and oxygen atoms in total. The Morgan fingerprint density at radius 2 is 1.86 bits per heavy atom. The second-order valence-electron chi connectivity index (χ2n) is 10.8. The lowest BCUT2D eigenvalue weighted by Gasteiger charge is -2.40. The molecule has 1 heterocycles. The maximum absolute atomic E-state index is 13.1. The van der Waals surface area contributed by atoms with Crippen molar-refractivity contribution in [3.63, 3.8) is 0 Å². The number of benzene rings is 2. The molecule has 35 heavy (non-hydrogen) atoms. The molecule has 0 radical (unpaired) electrons. The highest BCUT2D eigenvalue weighted by Crippen LogP contribution is 2.38. The van der Waals surface area contributed by atoms with Crippen LogP contribution in [0.25, 0.3) is 5.57 Å². The van der Waals surface area contributed by atoms with Crippen LogP contribution in [-0.2, 0) is 17.8 Å². The van der Waals surface area contributed by atoms with Crippen molar-refractivity contribution >= 4 is 17.4 Å². The number of nitrogens with one attached hydrogen (secondary N) is 1. The standard InChI is InChI=1S/C29H37N3O3/c1-21-19-32(16-15-31(21)20-22-7-9-25(10-8-22)28(34)30-35)27(33)18-23-5-4-6-26(17-23)24-11-13-29(2,3)14-12-24/h4-11,17,21,35H,12-16,18-20H2,1-3H3,(H,30,34)/t21-/m0/s1. The smallest absolute Gasteiger partial charge is 0.274 e. The summed E-state index contributed by atoms with van der Waals surface area (Å²) in [5.41, 5.74) is 7.31. The van der Waals surface area contributed by atoms with Crippen molar-refractivity contribution in [3.05, 3.63) is 76.9 Å². The number of amides is 2. The molecule has 2 aromatic carbocycles. The van der Waals surface area contributed by atoms with E-state index in [0.717, 1.165) is 37.1 Å². The summed E-state index contributed by atoms with van der Waals surface area (Å²) in [6.45, 7) is 9.81. The molecule has 1 aliphatic heterocycles. The summed E-state index contributed by atoms with van der Waals surface area (Å²) in [6.07, 6.45) is 6.22. The Hall–Kier alpha value is -2.96. The van der Waals surface area contributed by atoms with E-state index in [9.17, 15) is 9.59 Å². The lowest BCUT2D eigenvalue weighted by molar-refractivity contribution is -0.133.